The number of carbonyl (C=O) groups excluding carboxylic acids is 1. The Morgan fingerprint density at radius 1 is 1.05 bits per heavy atom. The van der Waals surface area contributed by atoms with Gasteiger partial charge < -0.3 is 5.32 Å². The van der Waals surface area contributed by atoms with Gasteiger partial charge in [-0.05, 0) is 41.3 Å². The molecule has 2 rings (SSSR count). The highest BCUT2D eigenvalue weighted by molar-refractivity contribution is 6.35. The Morgan fingerprint density at radius 2 is 1.64 bits per heavy atom. The smallest absolute Gasteiger partial charge is 0.248 e. The van der Waals surface area contributed by atoms with Crippen LogP contribution in [0.5, 0.6) is 0 Å². The molecule has 0 saturated carbocycles. The lowest BCUT2D eigenvalue weighted by Crippen LogP contribution is -2.07. The molecule has 4 heteroatoms. The SMILES string of the molecule is CC(C)c1ccc(C=CC(=O)Nc2cc(Cl)cc(Cl)c2)cc1. The van der Waals surface area contributed by atoms with Gasteiger partial charge in [-0.25, -0.2) is 0 Å². The van der Waals surface area contributed by atoms with Gasteiger partial charge in [-0.1, -0.05) is 61.3 Å². The zero-order valence-electron chi connectivity index (χ0n) is 12.4. The van der Waals surface area contributed by atoms with Gasteiger partial charge in [0.2, 0.25) is 5.91 Å². The van der Waals surface area contributed by atoms with E-state index in [0.717, 1.165) is 5.56 Å². The maximum atomic E-state index is 11.9. The van der Waals surface area contributed by atoms with E-state index in [4.69, 9.17) is 23.2 Å². The summed E-state index contributed by atoms with van der Waals surface area (Å²) in [5.41, 5.74) is 2.82. The van der Waals surface area contributed by atoms with Gasteiger partial charge in [-0.2, -0.15) is 0 Å². The number of nitrogens with one attached hydrogen (secondary N) is 1. The van der Waals surface area contributed by atoms with Crippen LogP contribution in [0.3, 0.4) is 0 Å². The largest absolute Gasteiger partial charge is 0.322 e. The topological polar surface area (TPSA) is 29.1 Å². The highest BCUT2D eigenvalue weighted by Gasteiger charge is 2.02. The molecule has 0 radical (unpaired) electrons. The van der Waals surface area contributed by atoms with Crippen LogP contribution in [0.2, 0.25) is 10.0 Å². The Bertz CT molecular complexity index is 670. The monoisotopic (exact) mass is 333 g/mol. The van der Waals surface area contributed by atoms with Crippen LogP contribution in [0.4, 0.5) is 5.69 Å². The lowest BCUT2D eigenvalue weighted by Gasteiger charge is -2.05. The number of benzene rings is 2. The normalized spacial score (nSPS) is 11.1. The number of rotatable bonds is 4. The molecular weight excluding hydrogens is 317 g/mol. The number of halogens is 2. The van der Waals surface area contributed by atoms with Crippen molar-refractivity contribution in [2.75, 3.05) is 5.32 Å². The van der Waals surface area contributed by atoms with Crippen LogP contribution in [0.1, 0.15) is 30.9 Å². The fourth-order valence-corrected chi connectivity index (χ4v) is 2.50. The molecule has 0 heterocycles. The third kappa shape index (κ3) is 4.90. The number of hydrogen-bond acceptors (Lipinski definition) is 1. The van der Waals surface area contributed by atoms with Crippen molar-refractivity contribution in [3.8, 4) is 0 Å². The van der Waals surface area contributed by atoms with Crippen molar-refractivity contribution in [2.45, 2.75) is 19.8 Å². The average Bonchev–Trinajstić information content (AvgIpc) is 2.44. The van der Waals surface area contributed by atoms with Crippen molar-refractivity contribution in [1.29, 1.82) is 0 Å². The second-order valence-corrected chi connectivity index (χ2v) is 6.17. The third-order valence-electron chi connectivity index (χ3n) is 3.16. The minimum absolute atomic E-state index is 0.230. The summed E-state index contributed by atoms with van der Waals surface area (Å²) < 4.78 is 0. The van der Waals surface area contributed by atoms with Crippen LogP contribution in [-0.2, 0) is 4.79 Å². The standard InChI is InChI=1S/C18H17Cl2NO/c1-12(2)14-6-3-13(4-7-14)5-8-18(22)21-17-10-15(19)9-16(20)11-17/h3-12H,1-2H3,(H,21,22). The summed E-state index contributed by atoms with van der Waals surface area (Å²) in [7, 11) is 0. The molecule has 0 aliphatic heterocycles. The van der Waals surface area contributed by atoms with Gasteiger partial charge >= 0.3 is 0 Å². The van der Waals surface area contributed by atoms with E-state index in [1.165, 1.54) is 11.6 Å². The van der Waals surface area contributed by atoms with Crippen LogP contribution in [0.25, 0.3) is 6.08 Å². The van der Waals surface area contributed by atoms with Crippen LogP contribution in [-0.4, -0.2) is 5.91 Å². The Morgan fingerprint density at radius 3 is 2.18 bits per heavy atom. The van der Waals surface area contributed by atoms with Crippen molar-refractivity contribution in [3.63, 3.8) is 0 Å². The van der Waals surface area contributed by atoms with E-state index < -0.39 is 0 Å². The first kappa shape index (κ1) is 16.6. The maximum absolute atomic E-state index is 11.9. The van der Waals surface area contributed by atoms with Crippen molar-refractivity contribution in [2.24, 2.45) is 0 Å². The van der Waals surface area contributed by atoms with Crippen LogP contribution >= 0.6 is 23.2 Å². The van der Waals surface area contributed by atoms with Crippen molar-refractivity contribution in [1.82, 2.24) is 0 Å². The molecular formula is C18H17Cl2NO. The zero-order valence-corrected chi connectivity index (χ0v) is 13.9. The second kappa shape index (κ2) is 7.48. The summed E-state index contributed by atoms with van der Waals surface area (Å²) in [5.74, 6) is 0.264. The number of anilines is 1. The molecule has 2 aromatic rings. The first-order valence-corrected chi connectivity index (χ1v) is 7.75. The second-order valence-electron chi connectivity index (χ2n) is 5.30. The van der Waals surface area contributed by atoms with Gasteiger partial charge in [-0.3, -0.25) is 4.79 Å². The molecule has 0 aliphatic rings. The minimum Gasteiger partial charge on any atom is -0.322 e. The predicted molar refractivity (Wildman–Crippen MR) is 94.7 cm³/mol. The van der Waals surface area contributed by atoms with Gasteiger partial charge in [0.25, 0.3) is 0 Å². The van der Waals surface area contributed by atoms with E-state index in [1.807, 2.05) is 12.1 Å². The number of carbonyl (C=O) groups is 1. The summed E-state index contributed by atoms with van der Waals surface area (Å²) in [4.78, 5) is 11.9. The van der Waals surface area contributed by atoms with E-state index in [9.17, 15) is 4.79 Å². The third-order valence-corrected chi connectivity index (χ3v) is 3.60. The molecule has 0 aromatic heterocycles. The molecule has 1 amide bonds. The molecule has 2 aromatic carbocycles. The van der Waals surface area contributed by atoms with E-state index >= 15 is 0 Å². The highest BCUT2D eigenvalue weighted by Crippen LogP contribution is 2.22. The Balaban J connectivity index is 2.01. The Labute approximate surface area is 140 Å². The fourth-order valence-electron chi connectivity index (χ4n) is 1.97. The molecule has 0 fully saturated rings. The first-order chi connectivity index (χ1) is 10.4. The van der Waals surface area contributed by atoms with Gasteiger partial charge in [0, 0.05) is 21.8 Å². The molecule has 1 N–H and O–H groups in total. The highest BCUT2D eigenvalue weighted by atomic mass is 35.5. The van der Waals surface area contributed by atoms with E-state index in [0.29, 0.717) is 21.7 Å². The molecule has 0 atom stereocenters. The maximum Gasteiger partial charge on any atom is 0.248 e. The van der Waals surface area contributed by atoms with Gasteiger partial charge in [0.15, 0.2) is 0 Å². The summed E-state index contributed by atoms with van der Waals surface area (Å²) in [5, 5.41) is 3.69. The van der Waals surface area contributed by atoms with Crippen LogP contribution in [0.15, 0.2) is 48.5 Å². The molecule has 0 spiro atoms. The Hall–Kier alpha value is -1.77. The van der Waals surface area contributed by atoms with Gasteiger partial charge in [0.05, 0.1) is 0 Å². The van der Waals surface area contributed by atoms with E-state index in [2.05, 4.69) is 31.3 Å². The van der Waals surface area contributed by atoms with Crippen molar-refractivity contribution in [3.05, 3.63) is 69.7 Å². The lowest BCUT2D eigenvalue weighted by molar-refractivity contribution is -0.111. The van der Waals surface area contributed by atoms with E-state index in [-0.39, 0.29) is 5.91 Å². The van der Waals surface area contributed by atoms with Crippen LogP contribution in [0, 0.1) is 0 Å². The zero-order chi connectivity index (χ0) is 16.1. The summed E-state index contributed by atoms with van der Waals surface area (Å²) in [6, 6.07) is 13.0. The predicted octanol–water partition coefficient (Wildman–Crippen LogP) is 5.77. The summed E-state index contributed by atoms with van der Waals surface area (Å²) in [6.07, 6.45) is 3.25. The van der Waals surface area contributed by atoms with Crippen molar-refractivity contribution >= 4 is 40.9 Å². The van der Waals surface area contributed by atoms with Gasteiger partial charge in [-0.15, -0.1) is 0 Å². The molecule has 22 heavy (non-hydrogen) atoms. The molecule has 0 unspecified atom stereocenters. The molecule has 0 aliphatic carbocycles. The quantitative estimate of drug-likeness (QED) is 0.707. The first-order valence-electron chi connectivity index (χ1n) is 6.99. The summed E-state index contributed by atoms with van der Waals surface area (Å²) >= 11 is 11.8. The lowest BCUT2D eigenvalue weighted by atomic mass is 10.0. The average molecular weight is 334 g/mol. The Kier molecular flexibility index (Phi) is 5.64. The number of amides is 1. The fraction of sp³-hybridized carbons (Fsp3) is 0.167. The molecule has 2 nitrogen and oxygen atoms in total. The molecule has 0 saturated heterocycles. The van der Waals surface area contributed by atoms with Crippen molar-refractivity contribution < 1.29 is 4.79 Å². The van der Waals surface area contributed by atoms with Crippen LogP contribution < -0.4 is 5.32 Å². The van der Waals surface area contributed by atoms with E-state index in [1.54, 1.807) is 24.3 Å². The van der Waals surface area contributed by atoms with Gasteiger partial charge in [0.1, 0.15) is 0 Å². The molecule has 0 bridgehead atoms. The molecule has 114 valence electrons. The number of hydrogen-bond donors (Lipinski definition) is 1. The summed E-state index contributed by atoms with van der Waals surface area (Å²) in [6.45, 7) is 4.29. The minimum atomic E-state index is -0.230.